The van der Waals surface area contributed by atoms with Gasteiger partial charge in [0.15, 0.2) is 0 Å². The van der Waals surface area contributed by atoms with E-state index in [-0.39, 0.29) is 0 Å². The highest BCUT2D eigenvalue weighted by molar-refractivity contribution is 7.08. The SMILES string of the molecule is C=C(NCC/C(=C/C)N=C(C)c1ccccc1)c1ccsc1. The van der Waals surface area contributed by atoms with Crippen LogP contribution in [0.15, 0.2) is 70.5 Å². The number of aliphatic imine (C=N–C) groups is 1. The van der Waals surface area contributed by atoms with Gasteiger partial charge in [0.05, 0.1) is 0 Å². The van der Waals surface area contributed by atoms with E-state index in [2.05, 4.69) is 53.9 Å². The highest BCUT2D eigenvalue weighted by atomic mass is 32.1. The maximum Gasteiger partial charge on any atom is 0.0448 e. The van der Waals surface area contributed by atoms with Crippen LogP contribution in [-0.4, -0.2) is 12.3 Å². The predicted octanol–water partition coefficient (Wildman–Crippen LogP) is 5.11. The van der Waals surface area contributed by atoms with E-state index >= 15 is 0 Å². The molecule has 0 saturated heterocycles. The van der Waals surface area contributed by atoms with Crippen molar-refractivity contribution in [3.05, 3.63) is 76.6 Å². The second-order valence-corrected chi connectivity index (χ2v) is 5.79. The monoisotopic (exact) mass is 310 g/mol. The molecule has 114 valence electrons. The summed E-state index contributed by atoms with van der Waals surface area (Å²) in [5.41, 5.74) is 5.44. The van der Waals surface area contributed by atoms with E-state index in [1.807, 2.05) is 25.1 Å². The van der Waals surface area contributed by atoms with Gasteiger partial charge < -0.3 is 5.32 Å². The fourth-order valence-corrected chi connectivity index (χ4v) is 2.77. The zero-order valence-electron chi connectivity index (χ0n) is 13.2. The highest BCUT2D eigenvalue weighted by Crippen LogP contribution is 2.14. The molecular weight excluding hydrogens is 288 g/mol. The van der Waals surface area contributed by atoms with Gasteiger partial charge in [-0.05, 0) is 36.2 Å². The van der Waals surface area contributed by atoms with Gasteiger partial charge >= 0.3 is 0 Å². The number of allylic oxidation sites excluding steroid dienone is 1. The third-order valence-electron chi connectivity index (χ3n) is 3.43. The zero-order chi connectivity index (χ0) is 15.8. The minimum atomic E-state index is 0.833. The minimum absolute atomic E-state index is 0.833. The van der Waals surface area contributed by atoms with Crippen LogP contribution in [0.25, 0.3) is 5.70 Å². The molecule has 2 aromatic rings. The molecule has 0 fully saturated rings. The maximum absolute atomic E-state index is 4.73. The van der Waals surface area contributed by atoms with Crippen molar-refractivity contribution < 1.29 is 0 Å². The molecule has 0 saturated carbocycles. The molecule has 0 atom stereocenters. The van der Waals surface area contributed by atoms with E-state index < -0.39 is 0 Å². The van der Waals surface area contributed by atoms with Crippen LogP contribution < -0.4 is 5.32 Å². The van der Waals surface area contributed by atoms with Crippen molar-refractivity contribution in [1.29, 1.82) is 0 Å². The Morgan fingerprint density at radius 1 is 1.23 bits per heavy atom. The van der Waals surface area contributed by atoms with Gasteiger partial charge in [-0.25, -0.2) is 0 Å². The van der Waals surface area contributed by atoms with Gasteiger partial charge in [-0.3, -0.25) is 4.99 Å². The van der Waals surface area contributed by atoms with Crippen LogP contribution in [0.4, 0.5) is 0 Å². The Bertz CT molecular complexity index is 652. The van der Waals surface area contributed by atoms with Gasteiger partial charge in [-0.2, -0.15) is 11.3 Å². The van der Waals surface area contributed by atoms with E-state index in [9.17, 15) is 0 Å². The number of nitrogens with zero attached hydrogens (tertiary/aromatic N) is 1. The molecule has 1 aromatic carbocycles. The Hall–Kier alpha value is -2.13. The molecule has 3 heteroatoms. The van der Waals surface area contributed by atoms with Gasteiger partial charge in [-0.1, -0.05) is 43.0 Å². The van der Waals surface area contributed by atoms with Crippen molar-refractivity contribution in [3.8, 4) is 0 Å². The van der Waals surface area contributed by atoms with Crippen molar-refractivity contribution in [3.63, 3.8) is 0 Å². The first-order valence-corrected chi connectivity index (χ1v) is 8.36. The first kappa shape index (κ1) is 16.2. The molecule has 0 aliphatic rings. The van der Waals surface area contributed by atoms with E-state index in [1.54, 1.807) is 11.3 Å². The third-order valence-corrected chi connectivity index (χ3v) is 4.11. The molecule has 1 N–H and O–H groups in total. The third kappa shape index (κ3) is 4.71. The van der Waals surface area contributed by atoms with E-state index in [0.29, 0.717) is 0 Å². The summed E-state index contributed by atoms with van der Waals surface area (Å²) in [6.45, 7) is 8.99. The van der Waals surface area contributed by atoms with Crippen LogP contribution in [0.2, 0.25) is 0 Å². The summed E-state index contributed by atoms with van der Waals surface area (Å²) in [7, 11) is 0. The Morgan fingerprint density at radius 3 is 2.64 bits per heavy atom. The number of benzene rings is 1. The topological polar surface area (TPSA) is 24.4 Å². The average molecular weight is 310 g/mol. The first-order valence-electron chi connectivity index (χ1n) is 7.42. The highest BCUT2D eigenvalue weighted by Gasteiger charge is 2.01. The molecule has 0 unspecified atom stereocenters. The second-order valence-electron chi connectivity index (χ2n) is 5.01. The molecule has 0 aliphatic heterocycles. The summed E-state index contributed by atoms with van der Waals surface area (Å²) >= 11 is 1.68. The summed E-state index contributed by atoms with van der Waals surface area (Å²) in [5, 5.41) is 7.53. The zero-order valence-corrected chi connectivity index (χ0v) is 14.0. The van der Waals surface area contributed by atoms with Crippen LogP contribution in [0, 0.1) is 0 Å². The van der Waals surface area contributed by atoms with Crippen molar-refractivity contribution in [2.45, 2.75) is 20.3 Å². The smallest absolute Gasteiger partial charge is 0.0448 e. The van der Waals surface area contributed by atoms with Crippen LogP contribution >= 0.6 is 11.3 Å². The lowest BCUT2D eigenvalue weighted by Crippen LogP contribution is -2.13. The summed E-state index contributed by atoms with van der Waals surface area (Å²) in [6.07, 6.45) is 2.95. The fourth-order valence-electron chi connectivity index (χ4n) is 2.10. The largest absolute Gasteiger partial charge is 0.385 e. The molecule has 0 amide bonds. The number of nitrogens with one attached hydrogen (secondary N) is 1. The molecule has 0 bridgehead atoms. The van der Waals surface area contributed by atoms with Crippen molar-refractivity contribution >= 4 is 22.7 Å². The Balaban J connectivity index is 1.89. The van der Waals surface area contributed by atoms with Crippen LogP contribution in [-0.2, 0) is 0 Å². The summed E-state index contributed by atoms with van der Waals surface area (Å²) in [5.74, 6) is 0. The molecule has 22 heavy (non-hydrogen) atoms. The molecule has 0 radical (unpaired) electrons. The van der Waals surface area contributed by atoms with Crippen LogP contribution in [0.1, 0.15) is 31.4 Å². The van der Waals surface area contributed by atoms with Gasteiger partial charge in [0.25, 0.3) is 0 Å². The number of thiophene rings is 1. The normalized spacial score (nSPS) is 12.3. The van der Waals surface area contributed by atoms with E-state index in [0.717, 1.165) is 41.2 Å². The first-order chi connectivity index (χ1) is 10.7. The minimum Gasteiger partial charge on any atom is -0.385 e. The summed E-state index contributed by atoms with van der Waals surface area (Å²) in [6, 6.07) is 12.3. The Labute approximate surface area is 136 Å². The van der Waals surface area contributed by atoms with Crippen molar-refractivity contribution in [1.82, 2.24) is 5.32 Å². The fraction of sp³-hybridized carbons (Fsp3) is 0.211. The van der Waals surface area contributed by atoms with Gasteiger partial charge in [-0.15, -0.1) is 0 Å². The summed E-state index contributed by atoms with van der Waals surface area (Å²) in [4.78, 5) is 4.73. The summed E-state index contributed by atoms with van der Waals surface area (Å²) < 4.78 is 0. The van der Waals surface area contributed by atoms with Gasteiger partial charge in [0, 0.05) is 35.6 Å². The van der Waals surface area contributed by atoms with E-state index in [1.165, 1.54) is 0 Å². The van der Waals surface area contributed by atoms with Crippen molar-refractivity contribution in [2.24, 2.45) is 4.99 Å². The molecule has 1 heterocycles. The molecule has 0 spiro atoms. The van der Waals surface area contributed by atoms with Crippen LogP contribution in [0.5, 0.6) is 0 Å². The predicted molar refractivity (Wildman–Crippen MR) is 98.4 cm³/mol. The van der Waals surface area contributed by atoms with Gasteiger partial charge in [0.2, 0.25) is 0 Å². The van der Waals surface area contributed by atoms with Gasteiger partial charge in [0.1, 0.15) is 0 Å². The lowest BCUT2D eigenvalue weighted by Gasteiger charge is -2.09. The quantitative estimate of drug-likeness (QED) is 0.706. The molecular formula is C19H22N2S. The Kier molecular flexibility index (Phi) is 6.16. The van der Waals surface area contributed by atoms with E-state index in [4.69, 9.17) is 4.99 Å². The number of hydrogen-bond acceptors (Lipinski definition) is 3. The lowest BCUT2D eigenvalue weighted by molar-refractivity contribution is 0.832. The number of rotatable bonds is 7. The molecule has 0 aliphatic carbocycles. The van der Waals surface area contributed by atoms with Crippen LogP contribution in [0.3, 0.4) is 0 Å². The van der Waals surface area contributed by atoms with Crippen molar-refractivity contribution in [2.75, 3.05) is 6.54 Å². The molecule has 1 aromatic heterocycles. The lowest BCUT2D eigenvalue weighted by atomic mass is 10.1. The standard InChI is InChI=1S/C19H22N2S/c1-4-19(21-16(3)17-8-6-5-7-9-17)10-12-20-15(2)18-11-13-22-14-18/h4-9,11,13-14,20H,2,10,12H2,1,3H3/b19-4-,21-16?. The number of hydrogen-bond donors (Lipinski definition) is 1. The second kappa shape index (κ2) is 8.35. The average Bonchev–Trinajstić information content (AvgIpc) is 3.09. The maximum atomic E-state index is 4.73. The molecule has 2 nitrogen and oxygen atoms in total. The Morgan fingerprint density at radius 2 is 2.00 bits per heavy atom. The molecule has 2 rings (SSSR count).